The van der Waals surface area contributed by atoms with Gasteiger partial charge in [-0.15, -0.1) is 0 Å². The number of ether oxygens (including phenoxy) is 1. The molecular weight excluding hydrogens is 222 g/mol. The minimum Gasteiger partial charge on any atom is -0.490 e. The van der Waals surface area contributed by atoms with Gasteiger partial charge in [0.05, 0.1) is 12.0 Å². The van der Waals surface area contributed by atoms with Gasteiger partial charge in [-0.3, -0.25) is 10.1 Å². The van der Waals surface area contributed by atoms with Gasteiger partial charge in [-0.05, 0) is 12.1 Å². The quantitative estimate of drug-likeness (QED) is 0.580. The predicted octanol–water partition coefficient (Wildman–Crippen LogP) is 1.03. The zero-order valence-corrected chi connectivity index (χ0v) is 9.63. The summed E-state index contributed by atoms with van der Waals surface area (Å²) in [5.74, 6) is 0.292. The molecule has 1 saturated heterocycles. The summed E-state index contributed by atoms with van der Waals surface area (Å²) in [4.78, 5) is 12.6. The van der Waals surface area contributed by atoms with Gasteiger partial charge in [0.1, 0.15) is 0 Å². The average Bonchev–Trinajstić information content (AvgIpc) is 2.39. The van der Waals surface area contributed by atoms with E-state index in [1.807, 2.05) is 6.07 Å². The van der Waals surface area contributed by atoms with Crippen molar-refractivity contribution in [1.82, 2.24) is 5.32 Å². The van der Waals surface area contributed by atoms with E-state index in [0.717, 1.165) is 31.9 Å². The summed E-state index contributed by atoms with van der Waals surface area (Å²) in [6, 6.07) is 5.04. The lowest BCUT2D eigenvalue weighted by Gasteiger charge is -2.28. The molecular formula is C11H14N3O3. The van der Waals surface area contributed by atoms with Gasteiger partial charge in [-0.25, -0.2) is 5.32 Å². The van der Waals surface area contributed by atoms with E-state index >= 15 is 0 Å². The summed E-state index contributed by atoms with van der Waals surface area (Å²) in [6.07, 6.45) is 0. The minimum absolute atomic E-state index is 0.00696. The highest BCUT2D eigenvalue weighted by Gasteiger charge is 2.18. The number of hydrogen-bond acceptors (Lipinski definition) is 4. The zero-order chi connectivity index (χ0) is 12.3. The van der Waals surface area contributed by atoms with Gasteiger partial charge >= 0.3 is 5.69 Å². The van der Waals surface area contributed by atoms with Crippen molar-refractivity contribution in [3.63, 3.8) is 0 Å². The fourth-order valence-corrected chi connectivity index (χ4v) is 1.88. The van der Waals surface area contributed by atoms with Crippen molar-refractivity contribution in [1.29, 1.82) is 0 Å². The molecule has 1 aromatic rings. The van der Waals surface area contributed by atoms with Gasteiger partial charge in [-0.2, -0.15) is 0 Å². The Balaban J connectivity index is 2.29. The van der Waals surface area contributed by atoms with Gasteiger partial charge in [-0.1, -0.05) is 0 Å². The lowest BCUT2D eigenvalue weighted by Crippen LogP contribution is -2.40. The van der Waals surface area contributed by atoms with Crippen LogP contribution in [0.4, 0.5) is 11.4 Å². The number of nitro benzene ring substituents is 1. The van der Waals surface area contributed by atoms with Crippen molar-refractivity contribution >= 4 is 11.4 Å². The predicted molar refractivity (Wildman–Crippen MR) is 63.7 cm³/mol. The van der Waals surface area contributed by atoms with Crippen LogP contribution < -0.4 is 15.0 Å². The molecule has 0 aliphatic carbocycles. The van der Waals surface area contributed by atoms with Crippen LogP contribution in [-0.2, 0) is 0 Å². The van der Waals surface area contributed by atoms with Crippen LogP contribution in [0.2, 0.25) is 0 Å². The van der Waals surface area contributed by atoms with Crippen LogP contribution in [0.25, 0.3) is 0 Å². The maximum absolute atomic E-state index is 10.9. The Hall–Kier alpha value is -1.82. The molecule has 1 heterocycles. The normalized spacial score (nSPS) is 15.7. The van der Waals surface area contributed by atoms with Gasteiger partial charge < -0.3 is 9.64 Å². The van der Waals surface area contributed by atoms with Crippen molar-refractivity contribution in [2.24, 2.45) is 0 Å². The van der Waals surface area contributed by atoms with Crippen LogP contribution in [-0.4, -0.2) is 38.2 Å². The number of hydrogen-bond donors (Lipinski definition) is 0. The Morgan fingerprint density at radius 2 is 2.12 bits per heavy atom. The Kier molecular flexibility index (Phi) is 3.43. The van der Waals surface area contributed by atoms with E-state index in [1.165, 1.54) is 7.11 Å². The highest BCUT2D eigenvalue weighted by atomic mass is 16.6. The number of methoxy groups -OCH3 is 1. The van der Waals surface area contributed by atoms with Gasteiger partial charge in [0.25, 0.3) is 0 Å². The lowest BCUT2D eigenvalue weighted by atomic mass is 10.2. The summed E-state index contributed by atoms with van der Waals surface area (Å²) in [5.41, 5.74) is 0.861. The first kappa shape index (κ1) is 11.7. The molecule has 0 atom stereocenters. The van der Waals surface area contributed by atoms with E-state index < -0.39 is 4.92 Å². The molecule has 1 aliphatic rings. The summed E-state index contributed by atoms with van der Waals surface area (Å²) in [7, 11) is 1.43. The molecule has 1 aliphatic heterocycles. The number of rotatable bonds is 3. The first-order valence-corrected chi connectivity index (χ1v) is 5.43. The molecule has 0 N–H and O–H groups in total. The Labute approximate surface area is 99.3 Å². The largest absolute Gasteiger partial charge is 0.490 e. The second-order valence-electron chi connectivity index (χ2n) is 3.77. The molecule has 6 nitrogen and oxygen atoms in total. The fraction of sp³-hybridized carbons (Fsp3) is 0.455. The maximum atomic E-state index is 10.9. The average molecular weight is 236 g/mol. The molecule has 1 fully saturated rings. The van der Waals surface area contributed by atoms with Crippen molar-refractivity contribution in [2.75, 3.05) is 38.2 Å². The van der Waals surface area contributed by atoms with Gasteiger partial charge in [0, 0.05) is 37.9 Å². The third kappa shape index (κ3) is 2.47. The summed E-state index contributed by atoms with van der Waals surface area (Å²) in [5, 5.41) is 15.1. The fourth-order valence-electron chi connectivity index (χ4n) is 1.88. The standard InChI is InChI=1S/C11H14N3O3/c1-17-11-3-2-9(8-10(11)14(15)16)13-6-4-12-5-7-13/h2-3,8H,4-7H2,1H3. The number of nitrogens with zero attached hydrogens (tertiary/aromatic N) is 3. The van der Waals surface area contributed by atoms with Crippen LogP contribution in [0.15, 0.2) is 18.2 Å². The van der Waals surface area contributed by atoms with Crippen molar-refractivity contribution in [2.45, 2.75) is 0 Å². The molecule has 0 aromatic heterocycles. The van der Waals surface area contributed by atoms with E-state index in [0.29, 0.717) is 5.75 Å². The molecule has 6 heteroatoms. The van der Waals surface area contributed by atoms with Crippen molar-refractivity contribution < 1.29 is 9.66 Å². The van der Waals surface area contributed by atoms with E-state index in [1.54, 1.807) is 12.1 Å². The molecule has 1 aromatic carbocycles. The number of nitro groups is 1. The van der Waals surface area contributed by atoms with Crippen LogP contribution in [0.1, 0.15) is 0 Å². The SMILES string of the molecule is COc1ccc(N2CC[N]CC2)cc1[N+](=O)[O-]. The van der Waals surface area contributed by atoms with Crippen LogP contribution in [0.5, 0.6) is 5.75 Å². The monoisotopic (exact) mass is 236 g/mol. The number of anilines is 1. The van der Waals surface area contributed by atoms with Gasteiger partial charge in [0.2, 0.25) is 0 Å². The molecule has 0 amide bonds. The van der Waals surface area contributed by atoms with Crippen LogP contribution in [0.3, 0.4) is 0 Å². The number of benzene rings is 1. The molecule has 0 bridgehead atoms. The van der Waals surface area contributed by atoms with Crippen molar-refractivity contribution in [3.05, 3.63) is 28.3 Å². The summed E-state index contributed by atoms with van der Waals surface area (Å²) in [6.45, 7) is 3.17. The second-order valence-corrected chi connectivity index (χ2v) is 3.77. The van der Waals surface area contributed by atoms with Crippen LogP contribution >= 0.6 is 0 Å². The van der Waals surface area contributed by atoms with E-state index in [-0.39, 0.29) is 5.69 Å². The van der Waals surface area contributed by atoms with E-state index in [4.69, 9.17) is 4.74 Å². The minimum atomic E-state index is -0.420. The second kappa shape index (κ2) is 5.01. The molecule has 17 heavy (non-hydrogen) atoms. The maximum Gasteiger partial charge on any atom is 0.312 e. The smallest absolute Gasteiger partial charge is 0.312 e. The first-order chi connectivity index (χ1) is 8.22. The molecule has 0 spiro atoms. The van der Waals surface area contributed by atoms with E-state index in [9.17, 15) is 10.1 Å². The molecule has 2 rings (SSSR count). The van der Waals surface area contributed by atoms with Gasteiger partial charge in [0.15, 0.2) is 5.75 Å². The highest BCUT2D eigenvalue weighted by Crippen LogP contribution is 2.31. The van der Waals surface area contributed by atoms with Crippen molar-refractivity contribution in [3.8, 4) is 5.75 Å². The zero-order valence-electron chi connectivity index (χ0n) is 9.63. The molecule has 0 saturated carbocycles. The topological polar surface area (TPSA) is 69.7 Å². The highest BCUT2D eigenvalue weighted by molar-refractivity contribution is 5.60. The Morgan fingerprint density at radius 1 is 1.41 bits per heavy atom. The summed E-state index contributed by atoms with van der Waals surface area (Å²) >= 11 is 0. The third-order valence-electron chi connectivity index (χ3n) is 2.78. The lowest BCUT2D eigenvalue weighted by molar-refractivity contribution is -0.385. The third-order valence-corrected chi connectivity index (χ3v) is 2.78. The molecule has 0 unspecified atom stereocenters. The molecule has 91 valence electrons. The Morgan fingerprint density at radius 3 is 2.71 bits per heavy atom. The number of piperazine rings is 1. The molecule has 1 radical (unpaired) electrons. The van der Waals surface area contributed by atoms with E-state index in [2.05, 4.69) is 10.2 Å². The first-order valence-electron chi connectivity index (χ1n) is 5.43. The summed E-state index contributed by atoms with van der Waals surface area (Å²) < 4.78 is 4.97. The Bertz CT molecular complexity index is 416. The van der Waals surface area contributed by atoms with Crippen LogP contribution in [0, 0.1) is 10.1 Å².